The Hall–Kier alpha value is -2.57. The summed E-state index contributed by atoms with van der Waals surface area (Å²) < 4.78 is 40.9. The first-order valence-corrected chi connectivity index (χ1v) is 5.40. The van der Waals surface area contributed by atoms with Gasteiger partial charge in [-0.25, -0.2) is 18.0 Å². The Morgan fingerprint density at radius 2 is 1.65 bits per heavy atom. The van der Waals surface area contributed by atoms with Crippen molar-refractivity contribution < 1.29 is 27.9 Å². The van der Waals surface area contributed by atoms with Crippen molar-refractivity contribution in [3.8, 4) is 0 Å². The average Bonchev–Trinajstić information content (AvgIpc) is 2.69. The fourth-order valence-electron chi connectivity index (χ4n) is 1.80. The van der Waals surface area contributed by atoms with E-state index in [1.807, 2.05) is 0 Å². The molecule has 0 atom stereocenters. The van der Waals surface area contributed by atoms with E-state index in [4.69, 9.17) is 5.11 Å². The molecule has 0 aliphatic rings. The molecule has 1 N–H and O–H groups in total. The Labute approximate surface area is 111 Å². The molecule has 1 aromatic carbocycles. The molecule has 1 aromatic heterocycles. The molecule has 20 heavy (non-hydrogen) atoms. The molecule has 0 bridgehead atoms. The van der Waals surface area contributed by atoms with E-state index in [0.717, 1.165) is 16.8 Å². The summed E-state index contributed by atoms with van der Waals surface area (Å²) in [5.41, 5.74) is -1.33. The summed E-state index contributed by atoms with van der Waals surface area (Å²) >= 11 is 0. The molecule has 2 rings (SSSR count). The van der Waals surface area contributed by atoms with E-state index in [1.54, 1.807) is 0 Å². The smallest absolute Gasteiger partial charge is 0.352 e. The van der Waals surface area contributed by atoms with Gasteiger partial charge in [0.1, 0.15) is 23.1 Å². The molecular weight excluding hydrogens is 275 g/mol. The summed E-state index contributed by atoms with van der Waals surface area (Å²) in [7, 11) is 1.37. The van der Waals surface area contributed by atoms with E-state index in [0.29, 0.717) is 12.1 Å². The summed E-state index contributed by atoms with van der Waals surface area (Å²) in [4.78, 5) is 22.8. The van der Waals surface area contributed by atoms with Gasteiger partial charge in [-0.05, 0) is 6.07 Å². The molecule has 104 valence electrons. The van der Waals surface area contributed by atoms with E-state index >= 15 is 0 Å². The number of hydrogen-bond donors (Lipinski definition) is 1. The van der Waals surface area contributed by atoms with E-state index < -0.39 is 34.8 Å². The largest absolute Gasteiger partial charge is 0.477 e. The lowest BCUT2D eigenvalue weighted by molar-refractivity contribution is 0.0686. The van der Waals surface area contributed by atoms with Crippen molar-refractivity contribution in [3.63, 3.8) is 0 Å². The van der Waals surface area contributed by atoms with Gasteiger partial charge in [-0.3, -0.25) is 4.79 Å². The van der Waals surface area contributed by atoms with Gasteiger partial charge in [-0.1, -0.05) is 0 Å². The maximum absolute atomic E-state index is 13.5. The fraction of sp³-hybridized carbons (Fsp3) is 0.0769. The summed E-state index contributed by atoms with van der Waals surface area (Å²) in [6.07, 6.45) is 1.13. The predicted octanol–water partition coefficient (Wildman–Crippen LogP) is 2.37. The summed E-state index contributed by atoms with van der Waals surface area (Å²) in [5.74, 6) is -6.16. The number of hydrogen-bond acceptors (Lipinski definition) is 2. The van der Waals surface area contributed by atoms with Gasteiger partial charge >= 0.3 is 5.97 Å². The topological polar surface area (TPSA) is 59.3 Å². The first-order valence-electron chi connectivity index (χ1n) is 5.40. The van der Waals surface area contributed by atoms with E-state index in [1.165, 1.54) is 7.05 Å². The molecule has 0 saturated carbocycles. The van der Waals surface area contributed by atoms with E-state index in [9.17, 15) is 22.8 Å². The van der Waals surface area contributed by atoms with Gasteiger partial charge in [0, 0.05) is 30.9 Å². The van der Waals surface area contributed by atoms with Crippen molar-refractivity contribution in [2.45, 2.75) is 0 Å². The zero-order valence-corrected chi connectivity index (χ0v) is 10.2. The number of rotatable bonds is 3. The highest BCUT2D eigenvalue weighted by Crippen LogP contribution is 2.20. The Morgan fingerprint density at radius 3 is 2.10 bits per heavy atom. The van der Waals surface area contributed by atoms with E-state index in [-0.39, 0.29) is 11.3 Å². The number of carbonyl (C=O) groups is 2. The number of carboxylic acid groups (broad SMARTS) is 1. The van der Waals surface area contributed by atoms with Crippen molar-refractivity contribution in [1.29, 1.82) is 0 Å². The molecule has 0 aliphatic heterocycles. The van der Waals surface area contributed by atoms with E-state index in [2.05, 4.69) is 0 Å². The van der Waals surface area contributed by atoms with Crippen molar-refractivity contribution in [2.24, 2.45) is 7.05 Å². The van der Waals surface area contributed by atoms with Crippen LogP contribution in [0, 0.1) is 17.5 Å². The molecule has 0 unspecified atom stereocenters. The lowest BCUT2D eigenvalue weighted by Crippen LogP contribution is -2.07. The number of aryl methyl sites for hydroxylation is 1. The fourth-order valence-corrected chi connectivity index (χ4v) is 1.80. The van der Waals surface area contributed by atoms with Crippen molar-refractivity contribution in [1.82, 2.24) is 4.57 Å². The SMILES string of the molecule is Cn1cc(C(=O)c2c(F)cc(F)cc2F)cc1C(=O)O. The molecule has 2 aromatic rings. The number of carbonyl (C=O) groups excluding carboxylic acids is 1. The van der Waals surface area contributed by atoms with Crippen LogP contribution < -0.4 is 0 Å². The number of aromatic nitrogens is 1. The van der Waals surface area contributed by atoms with Gasteiger partial charge in [0.05, 0.1) is 5.56 Å². The molecule has 0 radical (unpaired) electrons. The van der Waals surface area contributed by atoms with Crippen LogP contribution in [0.5, 0.6) is 0 Å². The van der Waals surface area contributed by atoms with Crippen LogP contribution in [-0.2, 0) is 7.05 Å². The number of nitrogens with zero attached hydrogens (tertiary/aromatic N) is 1. The van der Waals surface area contributed by atoms with Crippen LogP contribution in [-0.4, -0.2) is 21.4 Å². The predicted molar refractivity (Wildman–Crippen MR) is 62.1 cm³/mol. The Balaban J connectivity index is 2.52. The second-order valence-corrected chi connectivity index (χ2v) is 4.10. The van der Waals surface area contributed by atoms with Gasteiger partial charge in [0.25, 0.3) is 0 Å². The molecule has 0 saturated heterocycles. The highest BCUT2D eigenvalue weighted by Gasteiger charge is 2.23. The molecule has 7 heteroatoms. The molecule has 4 nitrogen and oxygen atoms in total. The number of aromatic carboxylic acids is 1. The van der Waals surface area contributed by atoms with Crippen LogP contribution in [0.25, 0.3) is 0 Å². The Kier molecular flexibility index (Phi) is 3.35. The zero-order valence-electron chi connectivity index (χ0n) is 10.2. The number of benzene rings is 1. The molecule has 0 spiro atoms. The van der Waals surface area contributed by atoms with Crippen LogP contribution in [0.1, 0.15) is 26.4 Å². The quantitative estimate of drug-likeness (QED) is 0.880. The Bertz CT molecular complexity index is 699. The third-order valence-corrected chi connectivity index (χ3v) is 2.72. The second-order valence-electron chi connectivity index (χ2n) is 4.10. The molecule has 1 heterocycles. The summed E-state index contributed by atoms with van der Waals surface area (Å²) in [5, 5.41) is 8.85. The second kappa shape index (κ2) is 4.84. The number of halogens is 3. The zero-order chi connectivity index (χ0) is 15.0. The Morgan fingerprint density at radius 1 is 1.10 bits per heavy atom. The third kappa shape index (κ3) is 2.29. The maximum atomic E-state index is 13.5. The minimum atomic E-state index is -1.34. The van der Waals surface area contributed by atoms with Crippen LogP contribution in [0.2, 0.25) is 0 Å². The van der Waals surface area contributed by atoms with Crippen molar-refractivity contribution >= 4 is 11.8 Å². The van der Waals surface area contributed by atoms with Gasteiger partial charge in [-0.2, -0.15) is 0 Å². The van der Waals surface area contributed by atoms with Gasteiger partial charge in [0.2, 0.25) is 0 Å². The highest BCUT2D eigenvalue weighted by atomic mass is 19.1. The first-order chi connectivity index (χ1) is 9.31. The highest BCUT2D eigenvalue weighted by molar-refractivity contribution is 6.10. The van der Waals surface area contributed by atoms with Crippen LogP contribution >= 0.6 is 0 Å². The number of ketones is 1. The monoisotopic (exact) mass is 283 g/mol. The summed E-state index contributed by atoms with van der Waals surface area (Å²) in [6, 6.07) is 1.77. The first kappa shape index (κ1) is 13.9. The average molecular weight is 283 g/mol. The van der Waals surface area contributed by atoms with Crippen LogP contribution in [0.3, 0.4) is 0 Å². The normalized spacial score (nSPS) is 10.6. The molecule has 0 aliphatic carbocycles. The van der Waals surface area contributed by atoms with Crippen LogP contribution in [0.15, 0.2) is 24.4 Å². The molecular formula is C13H8F3NO3. The van der Waals surface area contributed by atoms with Gasteiger partial charge < -0.3 is 9.67 Å². The van der Waals surface area contributed by atoms with Crippen molar-refractivity contribution in [2.75, 3.05) is 0 Å². The van der Waals surface area contributed by atoms with Gasteiger partial charge in [-0.15, -0.1) is 0 Å². The minimum absolute atomic E-state index is 0.200. The standard InChI is InChI=1S/C13H8F3NO3/c1-17-5-6(2-10(17)13(19)20)12(18)11-8(15)3-7(14)4-9(11)16/h2-5H,1H3,(H,19,20). The minimum Gasteiger partial charge on any atom is -0.477 e. The molecule has 0 fully saturated rings. The lowest BCUT2D eigenvalue weighted by atomic mass is 10.0. The molecule has 0 amide bonds. The van der Waals surface area contributed by atoms with Crippen molar-refractivity contribution in [3.05, 3.63) is 58.7 Å². The van der Waals surface area contributed by atoms with Gasteiger partial charge in [0.15, 0.2) is 5.78 Å². The number of carboxylic acids is 1. The maximum Gasteiger partial charge on any atom is 0.352 e. The van der Waals surface area contributed by atoms with Crippen LogP contribution in [0.4, 0.5) is 13.2 Å². The third-order valence-electron chi connectivity index (χ3n) is 2.72. The lowest BCUT2D eigenvalue weighted by Gasteiger charge is -2.02. The summed E-state index contributed by atoms with van der Waals surface area (Å²) in [6.45, 7) is 0.